The SMILES string of the molecule is COc1nc(-c2cccc(-c3cccc(-c4cc5c(c(OC)n4)[C@@H](N4CC6(CN(C(C)=O)C6)C4)CC5)c3Cl)c2Cl)cc2c1[C@@H](NC[C@@H]1CCC(=O)N1)CC2. The quantitative estimate of drug-likeness (QED) is 0.192. The van der Waals surface area contributed by atoms with Crippen LogP contribution in [-0.2, 0) is 22.4 Å². The number of carbonyl (C=O) groups is 2. The Labute approximate surface area is 325 Å². The Kier molecular flexibility index (Phi) is 9.08. The number of nitrogens with one attached hydrogen (secondary N) is 2. The molecule has 2 aliphatic carbocycles. The highest BCUT2D eigenvalue weighted by atomic mass is 35.5. The van der Waals surface area contributed by atoms with Gasteiger partial charge in [-0.15, -0.1) is 0 Å². The number of pyridine rings is 2. The van der Waals surface area contributed by atoms with Gasteiger partial charge in [-0.1, -0.05) is 59.6 Å². The lowest BCUT2D eigenvalue weighted by molar-refractivity contribution is -0.161. The van der Waals surface area contributed by atoms with E-state index in [-0.39, 0.29) is 35.4 Å². The van der Waals surface area contributed by atoms with Gasteiger partial charge in [-0.05, 0) is 55.4 Å². The van der Waals surface area contributed by atoms with Crippen molar-refractivity contribution in [1.82, 2.24) is 30.4 Å². The van der Waals surface area contributed by atoms with Crippen LogP contribution in [0.15, 0.2) is 48.5 Å². The molecule has 1 spiro atoms. The van der Waals surface area contributed by atoms with Crippen LogP contribution in [0.3, 0.4) is 0 Å². The van der Waals surface area contributed by atoms with Crippen LogP contribution in [0.5, 0.6) is 11.8 Å². The molecule has 5 aliphatic rings. The standard InChI is InChI=1S/C42H44Cl2N6O4/c1-23(51)49-19-42(20-49)21-50(22-42)34-14-11-25-17-33(48-41(54-3)37(25)34)30-9-5-7-28(39(30)44)27-6-4-8-29(38(27)43)32-16-24-10-13-31(36(24)40(47-32)53-2)45-18-26-12-15-35(52)46-26/h4-9,16-17,26,31,34,45H,10-15,18-22H2,1-3H3,(H,46,52)/t26-,31-,34-/m0/s1. The van der Waals surface area contributed by atoms with E-state index < -0.39 is 0 Å². The first kappa shape index (κ1) is 35.5. The van der Waals surface area contributed by atoms with Crippen molar-refractivity contribution in [2.45, 2.75) is 63.6 Å². The first-order valence-electron chi connectivity index (χ1n) is 18.9. The third kappa shape index (κ3) is 6.02. The highest BCUT2D eigenvalue weighted by Gasteiger charge is 2.55. The second-order valence-electron chi connectivity index (χ2n) is 15.7. The summed E-state index contributed by atoms with van der Waals surface area (Å²) in [6.45, 7) is 6.06. The maximum atomic E-state index is 11.8. The lowest BCUT2D eigenvalue weighted by Gasteiger charge is -2.61. The lowest BCUT2D eigenvalue weighted by Crippen LogP contribution is -2.72. The summed E-state index contributed by atoms with van der Waals surface area (Å²) in [7, 11) is 3.35. The molecule has 12 heteroatoms. The Balaban J connectivity index is 0.980. The van der Waals surface area contributed by atoms with Crippen LogP contribution >= 0.6 is 23.2 Å². The number of halogens is 2. The van der Waals surface area contributed by atoms with Crippen LogP contribution in [0.25, 0.3) is 33.6 Å². The molecule has 3 aliphatic heterocycles. The van der Waals surface area contributed by atoms with Crippen molar-refractivity contribution >= 4 is 35.0 Å². The van der Waals surface area contributed by atoms with Crippen molar-refractivity contribution in [3.63, 3.8) is 0 Å². The smallest absolute Gasteiger partial charge is 0.220 e. The molecule has 2 aromatic heterocycles. The fourth-order valence-electron chi connectivity index (χ4n) is 9.56. The monoisotopic (exact) mass is 766 g/mol. The summed E-state index contributed by atoms with van der Waals surface area (Å²) in [5.74, 6) is 1.51. The van der Waals surface area contributed by atoms with E-state index in [4.69, 9.17) is 42.6 Å². The van der Waals surface area contributed by atoms with Gasteiger partial charge in [-0.25, -0.2) is 9.97 Å². The number of likely N-dealkylation sites (tertiary alicyclic amines) is 2. The van der Waals surface area contributed by atoms with Crippen LogP contribution in [0.4, 0.5) is 0 Å². The maximum Gasteiger partial charge on any atom is 0.220 e. The van der Waals surface area contributed by atoms with Gasteiger partial charge in [0.1, 0.15) is 0 Å². The topological polar surface area (TPSA) is 109 Å². The van der Waals surface area contributed by atoms with Crippen molar-refractivity contribution in [1.29, 1.82) is 0 Å². The minimum atomic E-state index is 0.102. The largest absolute Gasteiger partial charge is 0.481 e. The van der Waals surface area contributed by atoms with Crippen LogP contribution in [0.2, 0.25) is 10.0 Å². The number of carbonyl (C=O) groups excluding carboxylic acids is 2. The summed E-state index contributed by atoms with van der Waals surface area (Å²) >= 11 is 14.5. The van der Waals surface area contributed by atoms with E-state index in [0.29, 0.717) is 34.8 Å². The molecule has 4 aromatic rings. The van der Waals surface area contributed by atoms with Gasteiger partial charge in [0.15, 0.2) is 0 Å². The average Bonchev–Trinajstić information content (AvgIpc) is 3.87. The molecular formula is C42H44Cl2N6O4. The predicted molar refractivity (Wildman–Crippen MR) is 209 cm³/mol. The maximum absolute atomic E-state index is 11.8. The lowest BCUT2D eigenvalue weighted by atomic mass is 9.72. The number of aryl methyl sites for hydroxylation is 2. The third-order valence-electron chi connectivity index (χ3n) is 12.2. The number of aromatic nitrogens is 2. The molecule has 2 amide bonds. The molecule has 0 radical (unpaired) electrons. The Hall–Kier alpha value is -4.22. The minimum absolute atomic E-state index is 0.102. The Morgan fingerprint density at radius 2 is 1.41 bits per heavy atom. The van der Waals surface area contributed by atoms with Gasteiger partial charge in [0.25, 0.3) is 0 Å². The van der Waals surface area contributed by atoms with Gasteiger partial charge in [-0.2, -0.15) is 0 Å². The molecule has 9 rings (SSSR count). The molecule has 10 nitrogen and oxygen atoms in total. The zero-order chi connectivity index (χ0) is 37.3. The van der Waals surface area contributed by atoms with E-state index in [1.807, 2.05) is 41.3 Å². The number of hydrogen-bond acceptors (Lipinski definition) is 8. The molecule has 0 saturated carbocycles. The van der Waals surface area contributed by atoms with Gasteiger partial charge in [0.2, 0.25) is 23.6 Å². The third-order valence-corrected chi connectivity index (χ3v) is 13.0. The zero-order valence-corrected chi connectivity index (χ0v) is 32.3. The van der Waals surface area contributed by atoms with E-state index in [2.05, 4.69) is 27.7 Å². The zero-order valence-electron chi connectivity index (χ0n) is 30.8. The molecule has 2 N–H and O–H groups in total. The summed E-state index contributed by atoms with van der Waals surface area (Å²) in [5.41, 5.74) is 9.64. The number of benzene rings is 2. The fourth-order valence-corrected chi connectivity index (χ4v) is 10.2. The normalized spacial score (nSPS) is 22.4. The summed E-state index contributed by atoms with van der Waals surface area (Å²) in [5, 5.41) is 7.81. The predicted octanol–water partition coefficient (Wildman–Crippen LogP) is 6.81. The van der Waals surface area contributed by atoms with Gasteiger partial charge in [-0.3, -0.25) is 14.5 Å². The fraction of sp³-hybridized carbons (Fsp3) is 0.429. The first-order chi connectivity index (χ1) is 26.1. The van der Waals surface area contributed by atoms with E-state index in [0.717, 1.165) is 97.5 Å². The summed E-state index contributed by atoms with van der Waals surface area (Å²) < 4.78 is 11.8. The average molecular weight is 768 g/mol. The molecule has 0 bridgehead atoms. The van der Waals surface area contributed by atoms with Crippen LogP contribution in [0.1, 0.15) is 66.9 Å². The highest BCUT2D eigenvalue weighted by molar-refractivity contribution is 6.39. The van der Waals surface area contributed by atoms with Crippen molar-refractivity contribution in [3.8, 4) is 45.4 Å². The second-order valence-corrected chi connectivity index (χ2v) is 16.4. The van der Waals surface area contributed by atoms with Crippen molar-refractivity contribution in [2.24, 2.45) is 5.41 Å². The minimum Gasteiger partial charge on any atom is -0.481 e. The van der Waals surface area contributed by atoms with E-state index in [1.54, 1.807) is 21.1 Å². The molecule has 3 fully saturated rings. The van der Waals surface area contributed by atoms with Gasteiger partial charge >= 0.3 is 0 Å². The number of fused-ring (bicyclic) bond motifs is 2. The Morgan fingerprint density at radius 3 is 1.98 bits per heavy atom. The van der Waals surface area contributed by atoms with Gasteiger partial charge in [0, 0.05) is 103 Å². The van der Waals surface area contributed by atoms with Crippen molar-refractivity contribution in [2.75, 3.05) is 46.9 Å². The molecular weight excluding hydrogens is 723 g/mol. The Morgan fingerprint density at radius 1 is 0.833 bits per heavy atom. The molecule has 3 saturated heterocycles. The number of amides is 2. The molecule has 280 valence electrons. The van der Waals surface area contributed by atoms with Crippen molar-refractivity contribution in [3.05, 3.63) is 80.8 Å². The van der Waals surface area contributed by atoms with E-state index >= 15 is 0 Å². The molecule has 5 heterocycles. The summed E-state index contributed by atoms with van der Waals surface area (Å²) in [6.07, 6.45) is 5.20. The van der Waals surface area contributed by atoms with Crippen LogP contribution < -0.4 is 20.1 Å². The number of hydrogen-bond donors (Lipinski definition) is 2. The van der Waals surface area contributed by atoms with Crippen molar-refractivity contribution < 1.29 is 19.1 Å². The molecule has 54 heavy (non-hydrogen) atoms. The second kappa shape index (κ2) is 13.8. The van der Waals surface area contributed by atoms with Gasteiger partial charge < -0.3 is 25.0 Å². The number of ether oxygens (including phenoxy) is 2. The summed E-state index contributed by atoms with van der Waals surface area (Å²) in [4.78, 5) is 38.0. The first-order valence-corrected chi connectivity index (χ1v) is 19.7. The van der Waals surface area contributed by atoms with Gasteiger partial charge in [0.05, 0.1) is 35.7 Å². The Bertz CT molecular complexity index is 2180. The number of rotatable bonds is 9. The molecule has 0 unspecified atom stereocenters. The molecule has 2 aromatic carbocycles. The van der Waals surface area contributed by atoms with E-state index in [9.17, 15) is 9.59 Å². The van der Waals surface area contributed by atoms with E-state index in [1.165, 1.54) is 16.7 Å². The molecule has 3 atom stereocenters. The summed E-state index contributed by atoms with van der Waals surface area (Å²) in [6, 6.07) is 16.7. The van der Waals surface area contributed by atoms with Crippen LogP contribution in [-0.4, -0.2) is 84.6 Å². The number of nitrogens with zero attached hydrogens (tertiary/aromatic N) is 4. The van der Waals surface area contributed by atoms with Crippen LogP contribution in [0, 0.1) is 5.41 Å². The highest BCUT2D eigenvalue weighted by Crippen LogP contribution is 2.51. The number of methoxy groups -OCH3 is 2.